The number of aryl methyl sites for hydroxylation is 1. The van der Waals surface area contributed by atoms with Crippen LogP contribution in [0.25, 0.3) is 0 Å². The van der Waals surface area contributed by atoms with Crippen molar-refractivity contribution in [1.29, 1.82) is 0 Å². The summed E-state index contributed by atoms with van der Waals surface area (Å²) in [6.07, 6.45) is 3.13. The van der Waals surface area contributed by atoms with Gasteiger partial charge < -0.3 is 20.3 Å². The number of nitrogens with zero attached hydrogens (tertiary/aromatic N) is 1. The number of benzene rings is 2. The maximum absolute atomic E-state index is 10.7. The van der Waals surface area contributed by atoms with Crippen LogP contribution in [0.15, 0.2) is 54.0 Å². The van der Waals surface area contributed by atoms with Gasteiger partial charge in [0.15, 0.2) is 16.7 Å². The van der Waals surface area contributed by atoms with Crippen molar-refractivity contribution in [1.82, 2.24) is 5.32 Å². The zero-order valence-electron chi connectivity index (χ0n) is 17.6. The molecule has 0 saturated carbocycles. The molecule has 0 radical (unpaired) electrons. The van der Waals surface area contributed by atoms with E-state index in [9.17, 15) is 10.2 Å². The Labute approximate surface area is 181 Å². The van der Waals surface area contributed by atoms with E-state index >= 15 is 0 Å². The number of rotatable bonds is 3. The Morgan fingerprint density at radius 3 is 2.83 bits per heavy atom. The van der Waals surface area contributed by atoms with E-state index in [1.165, 1.54) is 11.6 Å². The lowest BCUT2D eigenvalue weighted by Gasteiger charge is -2.47. The minimum Gasteiger partial charge on any atom is -0.504 e. The van der Waals surface area contributed by atoms with E-state index in [4.69, 9.17) is 9.73 Å². The van der Waals surface area contributed by atoms with Crippen LogP contribution in [0.1, 0.15) is 49.3 Å². The van der Waals surface area contributed by atoms with Gasteiger partial charge in [-0.3, -0.25) is 0 Å². The van der Waals surface area contributed by atoms with Crippen LogP contribution in [0.4, 0.5) is 0 Å². The van der Waals surface area contributed by atoms with Crippen LogP contribution in [-0.2, 0) is 0 Å². The summed E-state index contributed by atoms with van der Waals surface area (Å²) >= 11 is 1.58. The monoisotopic (exact) mass is 424 g/mol. The molecule has 2 aromatic rings. The molecule has 0 amide bonds. The highest BCUT2D eigenvalue weighted by molar-refractivity contribution is 8.13. The second-order valence-electron chi connectivity index (χ2n) is 8.77. The first-order chi connectivity index (χ1) is 14.2. The molecular weight excluding hydrogens is 396 g/mol. The second kappa shape index (κ2) is 7.58. The number of hydrogen-bond donors (Lipinski definition) is 3. The number of fused-ring (bicyclic) bond motifs is 1. The number of nitrogens with one attached hydrogen (secondary N) is 1. The van der Waals surface area contributed by atoms with Crippen LogP contribution < -0.4 is 10.1 Å². The Bertz CT molecular complexity index is 1020. The molecule has 3 N–H and O–H groups in total. The highest BCUT2D eigenvalue weighted by Crippen LogP contribution is 2.53. The standard InChI is InChI=1S/C24H28N2O3S/c1-5-11-30-22-25-23(3,4)14-24(26-22)13-18(16-8-6-7-15(2)12-16)17-9-10-19(27)20(28)21(17)29-24/h5-10,12,18,27-28H,1,11,13-14H2,2-4H3,(H,25,26). The van der Waals surface area contributed by atoms with Gasteiger partial charge in [-0.05, 0) is 32.4 Å². The lowest BCUT2D eigenvalue weighted by molar-refractivity contribution is 0.0108. The SMILES string of the molecule is C=CCSC1=NC2(CC(c3cccc(C)c3)c3ccc(O)c(O)c3O2)CC(C)(C)N1. The molecule has 158 valence electrons. The van der Waals surface area contributed by atoms with Crippen molar-refractivity contribution in [2.75, 3.05) is 5.75 Å². The Balaban J connectivity index is 1.86. The van der Waals surface area contributed by atoms with Crippen molar-refractivity contribution in [3.8, 4) is 17.2 Å². The fourth-order valence-electron chi connectivity index (χ4n) is 4.46. The molecule has 0 aromatic heterocycles. The predicted octanol–water partition coefficient (Wildman–Crippen LogP) is 5.06. The maximum atomic E-state index is 10.7. The first kappa shape index (κ1) is 20.7. The molecule has 2 aliphatic heterocycles. The molecule has 2 unspecified atom stereocenters. The average molecular weight is 425 g/mol. The summed E-state index contributed by atoms with van der Waals surface area (Å²) in [4.78, 5) is 4.98. The Morgan fingerprint density at radius 1 is 1.30 bits per heavy atom. The van der Waals surface area contributed by atoms with Crippen molar-refractivity contribution in [3.63, 3.8) is 0 Å². The molecule has 2 aromatic carbocycles. The Kier molecular flexibility index (Phi) is 5.22. The third kappa shape index (κ3) is 3.88. The molecule has 6 heteroatoms. The number of hydrogen-bond acceptors (Lipinski definition) is 6. The lowest BCUT2D eigenvalue weighted by atomic mass is 9.77. The number of ether oxygens (including phenoxy) is 1. The third-order valence-electron chi connectivity index (χ3n) is 5.58. The second-order valence-corrected chi connectivity index (χ2v) is 9.78. The summed E-state index contributed by atoms with van der Waals surface area (Å²) < 4.78 is 6.42. The summed E-state index contributed by atoms with van der Waals surface area (Å²) in [5.41, 5.74) is 2.11. The summed E-state index contributed by atoms with van der Waals surface area (Å²) in [6, 6.07) is 11.8. The minimum absolute atomic E-state index is 0.0107. The number of aromatic hydroxyl groups is 2. The first-order valence-corrected chi connectivity index (χ1v) is 11.1. The van der Waals surface area contributed by atoms with E-state index in [2.05, 4.69) is 50.9 Å². The van der Waals surface area contributed by atoms with E-state index in [0.29, 0.717) is 18.6 Å². The van der Waals surface area contributed by atoms with Gasteiger partial charge in [-0.2, -0.15) is 0 Å². The van der Waals surface area contributed by atoms with Crippen molar-refractivity contribution < 1.29 is 14.9 Å². The topological polar surface area (TPSA) is 74.1 Å². The van der Waals surface area contributed by atoms with E-state index < -0.39 is 5.72 Å². The Hall–Kier alpha value is -2.60. The number of aliphatic imine (C=N–C) groups is 1. The van der Waals surface area contributed by atoms with Gasteiger partial charge >= 0.3 is 0 Å². The Morgan fingerprint density at radius 2 is 2.10 bits per heavy atom. The van der Waals surface area contributed by atoms with E-state index in [1.807, 2.05) is 18.2 Å². The molecule has 2 aliphatic rings. The summed E-state index contributed by atoms with van der Waals surface area (Å²) in [5.74, 6) is 0.635. The van der Waals surface area contributed by atoms with Gasteiger partial charge in [-0.15, -0.1) is 6.58 Å². The van der Waals surface area contributed by atoms with Crippen LogP contribution in [0.2, 0.25) is 0 Å². The number of amidine groups is 1. The highest BCUT2D eigenvalue weighted by atomic mass is 32.2. The van der Waals surface area contributed by atoms with Crippen LogP contribution >= 0.6 is 11.8 Å². The van der Waals surface area contributed by atoms with Crippen LogP contribution in [0.5, 0.6) is 17.2 Å². The molecule has 30 heavy (non-hydrogen) atoms. The van der Waals surface area contributed by atoms with Gasteiger partial charge in [-0.1, -0.05) is 53.7 Å². The van der Waals surface area contributed by atoms with Crippen LogP contribution in [0.3, 0.4) is 0 Å². The zero-order valence-corrected chi connectivity index (χ0v) is 18.4. The van der Waals surface area contributed by atoms with Gasteiger partial charge in [0.05, 0.1) is 0 Å². The minimum atomic E-state index is -0.842. The largest absolute Gasteiger partial charge is 0.504 e. The van der Waals surface area contributed by atoms with Gasteiger partial charge in [0.1, 0.15) is 0 Å². The summed E-state index contributed by atoms with van der Waals surface area (Å²) in [5, 5.41) is 25.1. The average Bonchev–Trinajstić information content (AvgIpc) is 2.68. The molecule has 2 heterocycles. The molecule has 4 rings (SSSR count). The third-order valence-corrected chi connectivity index (χ3v) is 6.45. The number of thioether (sulfide) groups is 1. The fourth-order valence-corrected chi connectivity index (χ4v) is 5.32. The molecule has 1 spiro atoms. The fraction of sp³-hybridized carbons (Fsp3) is 0.375. The van der Waals surface area contributed by atoms with Gasteiger partial charge in [0, 0.05) is 35.6 Å². The maximum Gasteiger partial charge on any atom is 0.206 e. The molecule has 0 bridgehead atoms. The van der Waals surface area contributed by atoms with Crippen molar-refractivity contribution in [2.45, 2.75) is 50.8 Å². The van der Waals surface area contributed by atoms with Gasteiger partial charge in [-0.25, -0.2) is 4.99 Å². The smallest absolute Gasteiger partial charge is 0.206 e. The predicted molar refractivity (Wildman–Crippen MR) is 123 cm³/mol. The van der Waals surface area contributed by atoms with Crippen molar-refractivity contribution in [2.24, 2.45) is 4.99 Å². The van der Waals surface area contributed by atoms with Gasteiger partial charge in [0.25, 0.3) is 0 Å². The summed E-state index contributed by atoms with van der Waals surface area (Å²) in [7, 11) is 0. The normalized spacial score (nSPS) is 24.4. The van der Waals surface area contributed by atoms with E-state index in [-0.39, 0.29) is 23.0 Å². The van der Waals surface area contributed by atoms with E-state index in [1.54, 1.807) is 11.8 Å². The van der Waals surface area contributed by atoms with Crippen LogP contribution in [0, 0.1) is 6.92 Å². The quantitative estimate of drug-likeness (QED) is 0.474. The molecule has 0 fully saturated rings. The first-order valence-electron chi connectivity index (χ1n) is 10.1. The number of phenolic OH excluding ortho intramolecular Hbond substituents is 2. The molecule has 5 nitrogen and oxygen atoms in total. The molecule has 2 atom stereocenters. The van der Waals surface area contributed by atoms with Crippen molar-refractivity contribution >= 4 is 16.9 Å². The van der Waals surface area contributed by atoms with Crippen molar-refractivity contribution in [3.05, 3.63) is 65.7 Å². The van der Waals surface area contributed by atoms with Gasteiger partial charge in [0.2, 0.25) is 11.5 Å². The molecular formula is C24H28N2O3S. The highest BCUT2D eigenvalue weighted by Gasteiger charge is 2.49. The number of phenols is 2. The lowest BCUT2D eigenvalue weighted by Crippen LogP contribution is -2.57. The molecule has 0 saturated heterocycles. The van der Waals surface area contributed by atoms with E-state index in [0.717, 1.165) is 22.0 Å². The zero-order chi connectivity index (χ0) is 21.5. The molecule has 0 aliphatic carbocycles. The summed E-state index contributed by atoms with van der Waals surface area (Å²) in [6.45, 7) is 10.1. The van der Waals surface area contributed by atoms with Crippen LogP contribution in [-0.4, -0.2) is 32.4 Å².